The Morgan fingerprint density at radius 1 is 1.03 bits per heavy atom. The minimum atomic E-state index is -4.26. The third-order valence-corrected chi connectivity index (χ3v) is 4.87. The van der Waals surface area contributed by atoms with Gasteiger partial charge in [-0.1, -0.05) is 12.1 Å². The van der Waals surface area contributed by atoms with Gasteiger partial charge in [-0.25, -0.2) is 8.78 Å². The van der Waals surface area contributed by atoms with Crippen molar-refractivity contribution in [3.05, 3.63) is 29.8 Å². The summed E-state index contributed by atoms with van der Waals surface area (Å²) >= 11 is 0. The predicted molar refractivity (Wildman–Crippen MR) is 99.0 cm³/mol. The molecule has 164 valence electrons. The van der Waals surface area contributed by atoms with Crippen LogP contribution in [0.5, 0.6) is 5.75 Å². The molecule has 29 heavy (non-hydrogen) atoms. The van der Waals surface area contributed by atoms with Gasteiger partial charge in [0.15, 0.2) is 0 Å². The van der Waals surface area contributed by atoms with Gasteiger partial charge in [0.25, 0.3) is 5.92 Å². The highest BCUT2D eigenvalue weighted by atomic mass is 19.4. The van der Waals surface area contributed by atoms with Gasteiger partial charge in [0, 0.05) is 51.0 Å². The fourth-order valence-electron chi connectivity index (χ4n) is 3.10. The van der Waals surface area contributed by atoms with Gasteiger partial charge in [-0.15, -0.1) is 0 Å². The zero-order valence-corrected chi connectivity index (χ0v) is 16.5. The standard InChI is InChI=1S/C20H27F5N2O2/c1-26-10-12-27(13-11-26)18(28)7-3-8-19(21,22)16-5-2-6-17(15-16)29-14-4-9-20(23,24)25/h2,5-6,15H,3-4,7-14H2,1H3. The van der Waals surface area contributed by atoms with E-state index >= 15 is 0 Å². The second-order valence-corrected chi connectivity index (χ2v) is 7.34. The number of hydrogen-bond acceptors (Lipinski definition) is 3. The van der Waals surface area contributed by atoms with Crippen molar-refractivity contribution in [3.8, 4) is 5.75 Å². The van der Waals surface area contributed by atoms with Crippen LogP contribution in [0.1, 0.15) is 37.7 Å². The molecule has 0 aromatic heterocycles. The molecule has 0 atom stereocenters. The molecule has 1 aliphatic rings. The second kappa shape index (κ2) is 10.2. The number of carbonyl (C=O) groups excluding carboxylic acids is 1. The number of ether oxygens (including phenoxy) is 1. The average molecular weight is 422 g/mol. The van der Waals surface area contributed by atoms with Crippen molar-refractivity contribution in [1.82, 2.24) is 9.80 Å². The van der Waals surface area contributed by atoms with Gasteiger partial charge in [-0.2, -0.15) is 13.2 Å². The van der Waals surface area contributed by atoms with Crippen LogP contribution in [0, 0.1) is 0 Å². The van der Waals surface area contributed by atoms with Gasteiger partial charge >= 0.3 is 6.18 Å². The lowest BCUT2D eigenvalue weighted by atomic mass is 10.0. The van der Waals surface area contributed by atoms with E-state index in [1.165, 1.54) is 18.2 Å². The molecule has 1 aromatic rings. The van der Waals surface area contributed by atoms with Gasteiger partial charge in [-0.3, -0.25) is 4.79 Å². The number of nitrogens with zero attached hydrogens (tertiary/aromatic N) is 2. The minimum absolute atomic E-state index is 0.0504. The highest BCUT2D eigenvalue weighted by molar-refractivity contribution is 5.76. The van der Waals surface area contributed by atoms with E-state index in [2.05, 4.69) is 4.90 Å². The van der Waals surface area contributed by atoms with E-state index in [0.717, 1.165) is 19.2 Å². The lowest BCUT2D eigenvalue weighted by Gasteiger charge is -2.32. The van der Waals surface area contributed by atoms with E-state index in [9.17, 15) is 26.7 Å². The quantitative estimate of drug-likeness (QED) is 0.436. The Morgan fingerprint density at radius 3 is 2.38 bits per heavy atom. The summed E-state index contributed by atoms with van der Waals surface area (Å²) < 4.78 is 70.5. The largest absolute Gasteiger partial charge is 0.494 e. The molecule has 0 aliphatic carbocycles. The molecule has 4 nitrogen and oxygen atoms in total. The van der Waals surface area contributed by atoms with E-state index < -0.39 is 24.9 Å². The van der Waals surface area contributed by atoms with Crippen LogP contribution in [0.3, 0.4) is 0 Å². The van der Waals surface area contributed by atoms with E-state index in [1.807, 2.05) is 7.05 Å². The molecular weight excluding hydrogens is 395 g/mol. The van der Waals surface area contributed by atoms with Crippen molar-refractivity contribution >= 4 is 5.91 Å². The van der Waals surface area contributed by atoms with E-state index in [-0.39, 0.29) is 43.1 Å². The van der Waals surface area contributed by atoms with Gasteiger partial charge in [0.05, 0.1) is 6.61 Å². The number of alkyl halides is 5. The SMILES string of the molecule is CN1CCN(C(=O)CCCC(F)(F)c2cccc(OCCCC(F)(F)F)c2)CC1. The molecule has 1 aromatic carbocycles. The lowest BCUT2D eigenvalue weighted by molar-refractivity contribution is -0.136. The maximum atomic E-state index is 14.5. The van der Waals surface area contributed by atoms with E-state index in [0.29, 0.717) is 13.1 Å². The van der Waals surface area contributed by atoms with Gasteiger partial charge in [0.1, 0.15) is 5.75 Å². The molecule has 0 unspecified atom stereocenters. The molecule has 1 aliphatic heterocycles. The number of benzene rings is 1. The van der Waals surface area contributed by atoms with Crippen molar-refractivity contribution in [1.29, 1.82) is 0 Å². The van der Waals surface area contributed by atoms with Crippen LogP contribution in [0.4, 0.5) is 22.0 Å². The highest BCUT2D eigenvalue weighted by Crippen LogP contribution is 2.35. The molecule has 0 spiro atoms. The summed E-state index contributed by atoms with van der Waals surface area (Å²) in [6.07, 6.45) is -5.85. The first-order valence-electron chi connectivity index (χ1n) is 9.71. The van der Waals surface area contributed by atoms with Crippen LogP contribution < -0.4 is 4.74 Å². The summed E-state index contributed by atoms with van der Waals surface area (Å²) in [6.45, 7) is 2.57. The first kappa shape index (κ1) is 23.4. The Morgan fingerprint density at radius 2 is 1.72 bits per heavy atom. The molecule has 9 heteroatoms. The Bertz CT molecular complexity index is 659. The molecule has 1 heterocycles. The van der Waals surface area contributed by atoms with Crippen molar-refractivity contribution in [3.63, 3.8) is 0 Å². The van der Waals surface area contributed by atoms with Crippen molar-refractivity contribution in [2.75, 3.05) is 39.8 Å². The number of carbonyl (C=O) groups is 1. The van der Waals surface area contributed by atoms with Crippen LogP contribution in [-0.2, 0) is 10.7 Å². The smallest absolute Gasteiger partial charge is 0.389 e. The number of hydrogen-bond donors (Lipinski definition) is 0. The number of rotatable bonds is 9. The van der Waals surface area contributed by atoms with E-state index in [1.54, 1.807) is 4.90 Å². The average Bonchev–Trinajstić information content (AvgIpc) is 2.65. The lowest BCUT2D eigenvalue weighted by Crippen LogP contribution is -2.47. The normalized spacial score (nSPS) is 16.1. The zero-order chi connectivity index (χ0) is 21.5. The number of likely N-dealkylation sites (N-methyl/N-ethyl adjacent to an activating group) is 1. The van der Waals surface area contributed by atoms with Gasteiger partial charge in [0.2, 0.25) is 5.91 Å². The first-order valence-corrected chi connectivity index (χ1v) is 9.71. The maximum absolute atomic E-state index is 14.5. The molecule has 0 bridgehead atoms. The van der Waals surface area contributed by atoms with Gasteiger partial charge < -0.3 is 14.5 Å². The Hall–Kier alpha value is -1.90. The zero-order valence-electron chi connectivity index (χ0n) is 16.5. The summed E-state index contributed by atoms with van der Waals surface area (Å²) in [5, 5.41) is 0. The van der Waals surface area contributed by atoms with Crippen LogP contribution in [0.25, 0.3) is 0 Å². The van der Waals surface area contributed by atoms with Crippen molar-refractivity contribution in [2.45, 2.75) is 44.2 Å². The molecule has 0 saturated carbocycles. The third kappa shape index (κ3) is 8.16. The Balaban J connectivity index is 1.80. The number of piperazine rings is 1. The third-order valence-electron chi connectivity index (χ3n) is 4.87. The van der Waals surface area contributed by atoms with Crippen LogP contribution in [-0.4, -0.2) is 61.7 Å². The molecular formula is C20H27F5N2O2. The highest BCUT2D eigenvalue weighted by Gasteiger charge is 2.32. The summed E-state index contributed by atoms with van der Waals surface area (Å²) in [7, 11) is 1.97. The monoisotopic (exact) mass is 422 g/mol. The number of halogens is 5. The molecule has 0 radical (unpaired) electrons. The molecule has 2 rings (SSSR count). The molecule has 1 fully saturated rings. The second-order valence-electron chi connectivity index (χ2n) is 7.34. The molecule has 1 saturated heterocycles. The number of amides is 1. The van der Waals surface area contributed by atoms with Crippen LogP contribution >= 0.6 is 0 Å². The summed E-state index contributed by atoms with van der Waals surface area (Å²) in [5.41, 5.74) is -0.266. The minimum Gasteiger partial charge on any atom is -0.494 e. The molecule has 0 N–H and O–H groups in total. The topological polar surface area (TPSA) is 32.8 Å². The fraction of sp³-hybridized carbons (Fsp3) is 0.650. The molecule has 1 amide bonds. The summed E-state index contributed by atoms with van der Waals surface area (Å²) in [4.78, 5) is 16.0. The maximum Gasteiger partial charge on any atom is 0.389 e. The summed E-state index contributed by atoms with van der Waals surface area (Å²) in [6, 6.07) is 5.22. The van der Waals surface area contributed by atoms with Crippen LogP contribution in [0.2, 0.25) is 0 Å². The summed E-state index contributed by atoms with van der Waals surface area (Å²) in [5.74, 6) is -3.15. The van der Waals surface area contributed by atoms with Crippen molar-refractivity contribution in [2.24, 2.45) is 0 Å². The Labute approximate surface area is 167 Å². The fourth-order valence-corrected chi connectivity index (χ4v) is 3.10. The van der Waals surface area contributed by atoms with Crippen LogP contribution in [0.15, 0.2) is 24.3 Å². The van der Waals surface area contributed by atoms with Gasteiger partial charge in [-0.05, 0) is 32.0 Å². The van der Waals surface area contributed by atoms with Crippen molar-refractivity contribution < 1.29 is 31.5 Å². The first-order chi connectivity index (χ1) is 13.6. The Kier molecular flexibility index (Phi) is 8.24. The predicted octanol–water partition coefficient (Wildman–Crippen LogP) is 4.44. The van der Waals surface area contributed by atoms with E-state index in [4.69, 9.17) is 4.74 Å².